The molecule has 3 nitrogen and oxygen atoms in total. The zero-order chi connectivity index (χ0) is 14.1. The topological polar surface area (TPSA) is 50.4 Å². The smallest absolute Gasteiger partial charge is 0.336 e. The first-order valence-corrected chi connectivity index (χ1v) is 6.42. The van der Waals surface area contributed by atoms with Gasteiger partial charge >= 0.3 is 5.63 Å². The molecule has 0 bridgehead atoms. The van der Waals surface area contributed by atoms with Gasteiger partial charge in [-0.2, -0.15) is 0 Å². The number of hydrogen-bond donors (Lipinski definition) is 1. The Morgan fingerprint density at radius 2 is 1.85 bits per heavy atom. The number of aliphatic hydroxyl groups is 1. The quantitative estimate of drug-likeness (QED) is 0.724. The van der Waals surface area contributed by atoms with Crippen molar-refractivity contribution in [3.63, 3.8) is 0 Å². The van der Waals surface area contributed by atoms with Crippen LogP contribution in [0.1, 0.15) is 11.1 Å². The molecule has 100 valence electrons. The zero-order valence-electron chi connectivity index (χ0n) is 11.1. The van der Waals surface area contributed by atoms with Crippen LogP contribution in [-0.4, -0.2) is 5.11 Å². The van der Waals surface area contributed by atoms with Crippen molar-refractivity contribution in [3.05, 3.63) is 70.1 Å². The average Bonchev–Trinajstić information content (AvgIpc) is 2.46. The minimum absolute atomic E-state index is 0.0752. The van der Waals surface area contributed by atoms with Crippen LogP contribution in [0, 0.1) is 6.92 Å². The van der Waals surface area contributed by atoms with Gasteiger partial charge in [0.1, 0.15) is 5.58 Å². The molecule has 0 radical (unpaired) electrons. The van der Waals surface area contributed by atoms with Gasteiger partial charge in [-0.05, 0) is 29.7 Å². The molecule has 20 heavy (non-hydrogen) atoms. The average molecular weight is 266 g/mol. The number of hydrogen-bond acceptors (Lipinski definition) is 3. The minimum atomic E-state index is -0.383. The third kappa shape index (κ3) is 2.12. The van der Waals surface area contributed by atoms with Crippen molar-refractivity contribution >= 4 is 11.0 Å². The largest absolute Gasteiger partial charge is 0.423 e. The number of fused-ring (bicyclic) bond motifs is 1. The van der Waals surface area contributed by atoms with E-state index in [0.29, 0.717) is 5.58 Å². The monoisotopic (exact) mass is 266 g/mol. The van der Waals surface area contributed by atoms with Gasteiger partial charge in [-0.15, -0.1) is 0 Å². The molecule has 0 aliphatic heterocycles. The van der Waals surface area contributed by atoms with Crippen molar-refractivity contribution in [2.24, 2.45) is 0 Å². The highest BCUT2D eigenvalue weighted by atomic mass is 16.4. The highest BCUT2D eigenvalue weighted by molar-refractivity contribution is 5.94. The van der Waals surface area contributed by atoms with Gasteiger partial charge in [0.2, 0.25) is 0 Å². The van der Waals surface area contributed by atoms with Gasteiger partial charge in [0, 0.05) is 17.0 Å². The normalized spacial score (nSPS) is 10.9. The Hall–Kier alpha value is -2.39. The molecule has 0 amide bonds. The van der Waals surface area contributed by atoms with Crippen LogP contribution in [0.5, 0.6) is 0 Å². The first-order valence-electron chi connectivity index (χ1n) is 6.42. The molecule has 0 saturated carbocycles. The van der Waals surface area contributed by atoms with Gasteiger partial charge < -0.3 is 9.52 Å². The van der Waals surface area contributed by atoms with E-state index in [1.807, 2.05) is 43.3 Å². The Kier molecular flexibility index (Phi) is 3.12. The second kappa shape index (κ2) is 4.94. The molecule has 0 aliphatic carbocycles. The molecule has 1 heterocycles. The number of rotatable bonds is 2. The first kappa shape index (κ1) is 12.6. The standard InChI is InChI=1S/C17H14O3/c1-11-4-2-3-5-13(11)15-9-17(19)20-16-8-12(10-18)6-7-14(15)16/h2-9,18H,10H2,1H3. The summed E-state index contributed by atoms with van der Waals surface area (Å²) in [5.74, 6) is 0. The van der Waals surface area contributed by atoms with Crippen molar-refractivity contribution in [1.82, 2.24) is 0 Å². The lowest BCUT2D eigenvalue weighted by Crippen LogP contribution is -1.99. The van der Waals surface area contributed by atoms with Crippen LogP contribution in [0.3, 0.4) is 0 Å². The lowest BCUT2D eigenvalue weighted by Gasteiger charge is -2.09. The van der Waals surface area contributed by atoms with Crippen molar-refractivity contribution in [3.8, 4) is 11.1 Å². The third-order valence-electron chi connectivity index (χ3n) is 3.43. The van der Waals surface area contributed by atoms with Crippen LogP contribution in [0.2, 0.25) is 0 Å². The predicted octanol–water partition coefficient (Wildman–Crippen LogP) is 3.26. The highest BCUT2D eigenvalue weighted by Gasteiger charge is 2.10. The molecule has 3 heteroatoms. The van der Waals surface area contributed by atoms with Crippen LogP contribution in [-0.2, 0) is 6.61 Å². The van der Waals surface area contributed by atoms with E-state index in [-0.39, 0.29) is 12.2 Å². The lowest BCUT2D eigenvalue weighted by atomic mass is 9.97. The predicted molar refractivity (Wildman–Crippen MR) is 78.6 cm³/mol. The summed E-state index contributed by atoms with van der Waals surface area (Å²) in [7, 11) is 0. The fourth-order valence-electron chi connectivity index (χ4n) is 2.40. The van der Waals surface area contributed by atoms with Crippen molar-refractivity contribution in [2.75, 3.05) is 0 Å². The summed E-state index contributed by atoms with van der Waals surface area (Å²) >= 11 is 0. The van der Waals surface area contributed by atoms with Gasteiger partial charge in [0.25, 0.3) is 0 Å². The van der Waals surface area contributed by atoms with Gasteiger partial charge in [0.05, 0.1) is 6.61 Å². The molecule has 0 spiro atoms. The molecule has 0 saturated heterocycles. The van der Waals surface area contributed by atoms with E-state index in [2.05, 4.69) is 0 Å². The van der Waals surface area contributed by atoms with Gasteiger partial charge in [-0.25, -0.2) is 4.79 Å². The van der Waals surface area contributed by atoms with Crippen LogP contribution in [0.25, 0.3) is 22.1 Å². The van der Waals surface area contributed by atoms with Crippen molar-refractivity contribution in [2.45, 2.75) is 13.5 Å². The van der Waals surface area contributed by atoms with Crippen LogP contribution in [0.4, 0.5) is 0 Å². The molecule has 0 aliphatic rings. The van der Waals surface area contributed by atoms with E-state index >= 15 is 0 Å². The molecular weight excluding hydrogens is 252 g/mol. The summed E-state index contributed by atoms with van der Waals surface area (Å²) in [5, 5.41) is 10.0. The summed E-state index contributed by atoms with van der Waals surface area (Å²) < 4.78 is 5.24. The molecule has 3 aromatic rings. The Balaban J connectivity index is 2.36. The second-order valence-electron chi connectivity index (χ2n) is 4.78. The van der Waals surface area contributed by atoms with Crippen molar-refractivity contribution < 1.29 is 9.52 Å². The SMILES string of the molecule is Cc1ccccc1-c1cc(=O)oc2cc(CO)ccc12. The highest BCUT2D eigenvalue weighted by Crippen LogP contribution is 2.29. The minimum Gasteiger partial charge on any atom is -0.423 e. The molecule has 0 fully saturated rings. The van der Waals surface area contributed by atoms with E-state index in [1.54, 1.807) is 6.07 Å². The molecule has 0 unspecified atom stereocenters. The fourth-order valence-corrected chi connectivity index (χ4v) is 2.40. The maximum atomic E-state index is 11.8. The maximum absolute atomic E-state index is 11.8. The van der Waals surface area contributed by atoms with Crippen LogP contribution in [0.15, 0.2) is 57.7 Å². The molecule has 0 atom stereocenters. The van der Waals surface area contributed by atoms with Gasteiger partial charge in [0.15, 0.2) is 0 Å². The summed E-state index contributed by atoms with van der Waals surface area (Å²) in [4.78, 5) is 11.8. The van der Waals surface area contributed by atoms with E-state index < -0.39 is 0 Å². The first-order chi connectivity index (χ1) is 9.69. The maximum Gasteiger partial charge on any atom is 0.336 e. The summed E-state index contributed by atoms with van der Waals surface area (Å²) in [6.45, 7) is 1.94. The Labute approximate surface area is 116 Å². The van der Waals surface area contributed by atoms with E-state index in [9.17, 15) is 9.90 Å². The molecule has 1 aromatic heterocycles. The molecular formula is C17H14O3. The van der Waals surface area contributed by atoms with E-state index in [1.165, 1.54) is 6.07 Å². The Bertz CT molecular complexity index is 831. The third-order valence-corrected chi connectivity index (χ3v) is 3.43. The van der Waals surface area contributed by atoms with E-state index in [0.717, 1.165) is 27.6 Å². The summed E-state index contributed by atoms with van der Waals surface area (Å²) in [6, 6.07) is 14.9. The zero-order valence-corrected chi connectivity index (χ0v) is 11.1. The summed E-state index contributed by atoms with van der Waals surface area (Å²) in [5.41, 5.74) is 3.82. The van der Waals surface area contributed by atoms with Crippen LogP contribution >= 0.6 is 0 Å². The summed E-state index contributed by atoms with van der Waals surface area (Å²) in [6.07, 6.45) is 0. The van der Waals surface area contributed by atoms with Gasteiger partial charge in [-0.3, -0.25) is 0 Å². The fraction of sp³-hybridized carbons (Fsp3) is 0.118. The number of aliphatic hydroxyl groups excluding tert-OH is 1. The number of benzene rings is 2. The Morgan fingerprint density at radius 1 is 1.05 bits per heavy atom. The van der Waals surface area contributed by atoms with Crippen LogP contribution < -0.4 is 5.63 Å². The van der Waals surface area contributed by atoms with Crippen molar-refractivity contribution in [1.29, 1.82) is 0 Å². The molecule has 1 N–H and O–H groups in total. The van der Waals surface area contributed by atoms with E-state index in [4.69, 9.17) is 4.42 Å². The Morgan fingerprint density at radius 3 is 2.60 bits per heavy atom. The lowest BCUT2D eigenvalue weighted by molar-refractivity contribution is 0.282. The second-order valence-corrected chi connectivity index (χ2v) is 4.78. The molecule has 3 rings (SSSR count). The van der Waals surface area contributed by atoms with Gasteiger partial charge in [-0.1, -0.05) is 36.4 Å². The number of aryl methyl sites for hydroxylation is 1. The molecule has 2 aromatic carbocycles.